The van der Waals surface area contributed by atoms with E-state index in [-0.39, 0.29) is 18.0 Å². The highest BCUT2D eigenvalue weighted by Gasteiger charge is 2.22. The number of carbonyl (C=O) groups excluding carboxylic acids is 1. The Hall–Kier alpha value is -1.31. The minimum absolute atomic E-state index is 0.132. The molecule has 0 saturated heterocycles. The van der Waals surface area contributed by atoms with Crippen LogP contribution in [0, 0.1) is 13.8 Å². The van der Waals surface area contributed by atoms with Gasteiger partial charge in [0, 0.05) is 17.6 Å². The van der Waals surface area contributed by atoms with Crippen LogP contribution in [0.3, 0.4) is 0 Å². The topological polar surface area (TPSA) is 20.3 Å². The standard InChI is InChI=1S/C15H23NO/c1-10(2)16(11(3)4)15(17)14-8-7-12(5)9-13(14)6/h7-11H,1-6H3. The molecule has 0 aliphatic carbocycles. The first-order chi connectivity index (χ1) is 7.84. The molecule has 0 N–H and O–H groups in total. The Morgan fingerprint density at radius 2 is 1.59 bits per heavy atom. The monoisotopic (exact) mass is 233 g/mol. The van der Waals surface area contributed by atoms with E-state index in [2.05, 4.69) is 33.8 Å². The fourth-order valence-electron chi connectivity index (χ4n) is 2.26. The highest BCUT2D eigenvalue weighted by atomic mass is 16.2. The van der Waals surface area contributed by atoms with Gasteiger partial charge < -0.3 is 4.90 Å². The number of nitrogens with zero attached hydrogens (tertiary/aromatic N) is 1. The summed E-state index contributed by atoms with van der Waals surface area (Å²) in [7, 11) is 0. The third-order valence-corrected chi connectivity index (χ3v) is 2.96. The van der Waals surface area contributed by atoms with Gasteiger partial charge in [0.25, 0.3) is 5.91 Å². The van der Waals surface area contributed by atoms with Gasteiger partial charge in [-0.2, -0.15) is 0 Å². The lowest BCUT2D eigenvalue weighted by atomic mass is 10.0. The number of rotatable bonds is 3. The lowest BCUT2D eigenvalue weighted by molar-refractivity contribution is 0.0643. The minimum atomic E-state index is 0.132. The van der Waals surface area contributed by atoms with Crippen LogP contribution >= 0.6 is 0 Å². The van der Waals surface area contributed by atoms with Crippen molar-refractivity contribution in [3.8, 4) is 0 Å². The van der Waals surface area contributed by atoms with E-state index in [1.54, 1.807) is 0 Å². The molecule has 0 aliphatic heterocycles. The van der Waals surface area contributed by atoms with Crippen LogP contribution in [0.15, 0.2) is 18.2 Å². The molecular weight excluding hydrogens is 210 g/mol. The van der Waals surface area contributed by atoms with Crippen LogP contribution in [0.2, 0.25) is 0 Å². The van der Waals surface area contributed by atoms with E-state index < -0.39 is 0 Å². The van der Waals surface area contributed by atoms with Crippen molar-refractivity contribution in [2.24, 2.45) is 0 Å². The van der Waals surface area contributed by atoms with Crippen LogP contribution in [0.4, 0.5) is 0 Å². The van der Waals surface area contributed by atoms with Crippen molar-refractivity contribution in [1.29, 1.82) is 0 Å². The van der Waals surface area contributed by atoms with Gasteiger partial charge in [0.1, 0.15) is 0 Å². The van der Waals surface area contributed by atoms with E-state index in [0.717, 1.165) is 11.1 Å². The summed E-state index contributed by atoms with van der Waals surface area (Å²) in [6, 6.07) is 6.45. The largest absolute Gasteiger partial charge is 0.334 e. The second kappa shape index (κ2) is 5.35. The first kappa shape index (κ1) is 13.8. The number of aryl methyl sites for hydroxylation is 2. The summed E-state index contributed by atoms with van der Waals surface area (Å²) in [6.07, 6.45) is 0. The van der Waals surface area contributed by atoms with E-state index >= 15 is 0 Å². The summed E-state index contributed by atoms with van der Waals surface area (Å²) in [5, 5.41) is 0. The Bertz CT molecular complexity index is 399. The van der Waals surface area contributed by atoms with Gasteiger partial charge in [-0.25, -0.2) is 0 Å². The van der Waals surface area contributed by atoms with Crippen molar-refractivity contribution in [3.05, 3.63) is 34.9 Å². The predicted octanol–water partition coefficient (Wildman–Crippen LogP) is 3.56. The minimum Gasteiger partial charge on any atom is -0.334 e. The second-order valence-electron chi connectivity index (χ2n) is 5.22. The van der Waals surface area contributed by atoms with Crippen LogP contribution in [0.1, 0.15) is 49.2 Å². The zero-order chi connectivity index (χ0) is 13.2. The maximum absolute atomic E-state index is 12.5. The Kier molecular flexibility index (Phi) is 4.33. The zero-order valence-corrected chi connectivity index (χ0v) is 11.7. The van der Waals surface area contributed by atoms with Crippen LogP contribution in [-0.4, -0.2) is 22.9 Å². The molecule has 0 saturated carbocycles. The third kappa shape index (κ3) is 3.09. The summed E-state index contributed by atoms with van der Waals surface area (Å²) in [5.41, 5.74) is 3.07. The van der Waals surface area contributed by atoms with Gasteiger partial charge in [-0.15, -0.1) is 0 Å². The molecule has 0 radical (unpaired) electrons. The molecule has 17 heavy (non-hydrogen) atoms. The van der Waals surface area contributed by atoms with Crippen molar-refractivity contribution in [2.45, 2.75) is 53.6 Å². The van der Waals surface area contributed by atoms with Crippen molar-refractivity contribution < 1.29 is 4.79 Å². The molecule has 0 fully saturated rings. The van der Waals surface area contributed by atoms with Gasteiger partial charge in [-0.3, -0.25) is 4.79 Å². The maximum atomic E-state index is 12.5. The van der Waals surface area contributed by atoms with Crippen LogP contribution in [0.25, 0.3) is 0 Å². The first-order valence-corrected chi connectivity index (χ1v) is 6.24. The third-order valence-electron chi connectivity index (χ3n) is 2.96. The van der Waals surface area contributed by atoms with Crippen molar-refractivity contribution in [3.63, 3.8) is 0 Å². The number of carbonyl (C=O) groups is 1. The van der Waals surface area contributed by atoms with Crippen molar-refractivity contribution in [1.82, 2.24) is 4.90 Å². The molecule has 2 nitrogen and oxygen atoms in total. The normalized spacial score (nSPS) is 11.1. The Balaban J connectivity index is 3.10. The van der Waals surface area contributed by atoms with Gasteiger partial charge in [0.2, 0.25) is 0 Å². The number of hydrogen-bond acceptors (Lipinski definition) is 1. The SMILES string of the molecule is Cc1ccc(C(=O)N(C(C)C)C(C)C)c(C)c1. The molecule has 0 spiro atoms. The lowest BCUT2D eigenvalue weighted by Crippen LogP contribution is -2.42. The molecule has 2 heteroatoms. The fourth-order valence-corrected chi connectivity index (χ4v) is 2.26. The summed E-state index contributed by atoms with van der Waals surface area (Å²) in [5.74, 6) is 0.132. The maximum Gasteiger partial charge on any atom is 0.254 e. The summed E-state index contributed by atoms with van der Waals surface area (Å²) >= 11 is 0. The van der Waals surface area contributed by atoms with E-state index in [9.17, 15) is 4.79 Å². The summed E-state index contributed by atoms with van der Waals surface area (Å²) < 4.78 is 0. The average molecular weight is 233 g/mol. The number of amides is 1. The highest BCUT2D eigenvalue weighted by Crippen LogP contribution is 2.16. The Morgan fingerprint density at radius 1 is 1.06 bits per heavy atom. The molecule has 1 rings (SSSR count). The predicted molar refractivity (Wildman–Crippen MR) is 72.4 cm³/mol. The molecule has 94 valence electrons. The smallest absolute Gasteiger partial charge is 0.254 e. The fraction of sp³-hybridized carbons (Fsp3) is 0.533. The Labute approximate surface area is 105 Å². The average Bonchev–Trinajstić information content (AvgIpc) is 2.15. The highest BCUT2D eigenvalue weighted by molar-refractivity contribution is 5.96. The molecular formula is C15H23NO. The van der Waals surface area contributed by atoms with Gasteiger partial charge in [-0.1, -0.05) is 17.7 Å². The first-order valence-electron chi connectivity index (χ1n) is 6.24. The quantitative estimate of drug-likeness (QED) is 0.781. The molecule has 0 bridgehead atoms. The molecule has 0 heterocycles. The molecule has 1 aromatic rings. The zero-order valence-electron chi connectivity index (χ0n) is 11.7. The lowest BCUT2D eigenvalue weighted by Gasteiger charge is -2.31. The van der Waals surface area contributed by atoms with Crippen LogP contribution in [0.5, 0.6) is 0 Å². The van der Waals surface area contributed by atoms with E-state index in [1.807, 2.05) is 30.9 Å². The molecule has 1 aromatic carbocycles. The Morgan fingerprint density at radius 3 is 2.00 bits per heavy atom. The van der Waals surface area contributed by atoms with Gasteiger partial charge >= 0.3 is 0 Å². The summed E-state index contributed by atoms with van der Waals surface area (Å²) in [4.78, 5) is 14.4. The van der Waals surface area contributed by atoms with Crippen LogP contribution < -0.4 is 0 Å². The summed E-state index contributed by atoms with van der Waals surface area (Å²) in [6.45, 7) is 12.3. The van der Waals surface area contributed by atoms with E-state index in [0.29, 0.717) is 0 Å². The van der Waals surface area contributed by atoms with E-state index in [4.69, 9.17) is 0 Å². The number of benzene rings is 1. The second-order valence-corrected chi connectivity index (χ2v) is 5.22. The van der Waals surface area contributed by atoms with Crippen LogP contribution in [-0.2, 0) is 0 Å². The molecule has 0 aromatic heterocycles. The number of hydrogen-bond donors (Lipinski definition) is 0. The van der Waals surface area contributed by atoms with Gasteiger partial charge in [0.05, 0.1) is 0 Å². The van der Waals surface area contributed by atoms with Gasteiger partial charge in [-0.05, 0) is 53.2 Å². The van der Waals surface area contributed by atoms with Crippen molar-refractivity contribution >= 4 is 5.91 Å². The molecule has 0 aliphatic rings. The van der Waals surface area contributed by atoms with Crippen molar-refractivity contribution in [2.75, 3.05) is 0 Å². The van der Waals surface area contributed by atoms with E-state index in [1.165, 1.54) is 5.56 Å². The van der Waals surface area contributed by atoms with Gasteiger partial charge in [0.15, 0.2) is 0 Å². The molecule has 0 atom stereocenters. The molecule has 1 amide bonds. The molecule has 0 unspecified atom stereocenters.